The number of fused-ring (bicyclic) bond motifs is 1. The van der Waals surface area contributed by atoms with E-state index in [1.807, 2.05) is 42.5 Å². The molecule has 2 heterocycles. The normalized spacial score (nSPS) is 11.5. The Balaban J connectivity index is 1.64. The maximum Gasteiger partial charge on any atom is 0.231 e. The van der Waals surface area contributed by atoms with Gasteiger partial charge in [-0.3, -0.25) is 5.32 Å². The SMILES string of the molecule is COc1cccc2sc(Nc3ncc(Cl)c(Nc4ccccc4P(C)(C)=O)n3)nc12. The molecule has 0 unspecified atom stereocenters. The van der Waals surface area contributed by atoms with Crippen LogP contribution in [0.25, 0.3) is 10.2 Å². The molecule has 0 aliphatic rings. The summed E-state index contributed by atoms with van der Waals surface area (Å²) in [6, 6.07) is 13.2. The number of rotatable bonds is 6. The number of hydrogen-bond acceptors (Lipinski definition) is 8. The molecule has 4 rings (SSSR count). The molecule has 2 aromatic heterocycles. The van der Waals surface area contributed by atoms with Gasteiger partial charge in [0.05, 0.1) is 23.7 Å². The summed E-state index contributed by atoms with van der Waals surface area (Å²) in [4.78, 5) is 13.3. The first-order chi connectivity index (χ1) is 14.3. The number of benzene rings is 2. The number of nitrogens with zero attached hydrogens (tertiary/aromatic N) is 3. The molecule has 0 radical (unpaired) electrons. The Bertz CT molecular complexity index is 1270. The zero-order valence-electron chi connectivity index (χ0n) is 16.5. The van der Waals surface area contributed by atoms with Crippen LogP contribution in [-0.2, 0) is 4.57 Å². The first-order valence-electron chi connectivity index (χ1n) is 9.00. The Morgan fingerprint density at radius 1 is 1.07 bits per heavy atom. The molecule has 0 atom stereocenters. The molecule has 2 N–H and O–H groups in total. The summed E-state index contributed by atoms with van der Waals surface area (Å²) in [7, 11) is -0.868. The van der Waals surface area contributed by atoms with E-state index in [1.165, 1.54) is 17.5 Å². The second kappa shape index (κ2) is 8.22. The van der Waals surface area contributed by atoms with Crippen LogP contribution in [0.3, 0.4) is 0 Å². The molecule has 30 heavy (non-hydrogen) atoms. The van der Waals surface area contributed by atoms with Crippen LogP contribution in [0.1, 0.15) is 0 Å². The number of aromatic nitrogens is 3. The molecule has 0 spiro atoms. The lowest BCUT2D eigenvalue weighted by molar-refractivity contribution is 0.419. The van der Waals surface area contributed by atoms with Crippen LogP contribution >= 0.6 is 30.1 Å². The van der Waals surface area contributed by atoms with Gasteiger partial charge >= 0.3 is 0 Å². The van der Waals surface area contributed by atoms with Crippen LogP contribution in [-0.4, -0.2) is 35.4 Å². The summed E-state index contributed by atoms with van der Waals surface area (Å²) >= 11 is 7.77. The lowest BCUT2D eigenvalue weighted by Crippen LogP contribution is -2.10. The van der Waals surface area contributed by atoms with E-state index in [1.54, 1.807) is 20.4 Å². The number of anilines is 4. The number of nitrogens with one attached hydrogen (secondary N) is 2. The highest BCUT2D eigenvalue weighted by atomic mass is 35.5. The van der Waals surface area contributed by atoms with Crippen molar-refractivity contribution in [1.82, 2.24) is 15.0 Å². The summed E-state index contributed by atoms with van der Waals surface area (Å²) in [6.45, 7) is 3.45. The van der Waals surface area contributed by atoms with Gasteiger partial charge in [-0.25, -0.2) is 9.97 Å². The van der Waals surface area contributed by atoms with Gasteiger partial charge in [0.15, 0.2) is 10.9 Å². The minimum Gasteiger partial charge on any atom is -0.494 e. The molecule has 0 amide bonds. The highest BCUT2D eigenvalue weighted by molar-refractivity contribution is 7.70. The predicted molar refractivity (Wildman–Crippen MR) is 125 cm³/mol. The summed E-state index contributed by atoms with van der Waals surface area (Å²) in [5.41, 5.74) is 1.47. The van der Waals surface area contributed by atoms with E-state index < -0.39 is 7.14 Å². The summed E-state index contributed by atoms with van der Waals surface area (Å²) < 4.78 is 19.0. The third-order valence-electron chi connectivity index (χ3n) is 4.30. The Hall–Kier alpha value is -2.67. The smallest absolute Gasteiger partial charge is 0.231 e. The van der Waals surface area contributed by atoms with Gasteiger partial charge in [0.1, 0.15) is 23.4 Å². The predicted octanol–water partition coefficient (Wildman–Crippen LogP) is 5.48. The minimum absolute atomic E-state index is 0.341. The van der Waals surface area contributed by atoms with Crippen molar-refractivity contribution in [1.29, 1.82) is 0 Å². The lowest BCUT2D eigenvalue weighted by Gasteiger charge is -2.15. The molecule has 7 nitrogen and oxygen atoms in total. The van der Waals surface area contributed by atoms with Gasteiger partial charge in [-0.05, 0) is 37.6 Å². The van der Waals surface area contributed by atoms with Crippen LogP contribution < -0.4 is 20.7 Å². The average molecular weight is 460 g/mol. The van der Waals surface area contributed by atoms with Crippen LogP contribution in [0, 0.1) is 0 Å². The highest BCUT2D eigenvalue weighted by Crippen LogP contribution is 2.39. The van der Waals surface area contributed by atoms with Crippen LogP contribution in [0.2, 0.25) is 5.02 Å². The van der Waals surface area contributed by atoms with Gasteiger partial charge in [0.25, 0.3) is 0 Å². The molecule has 2 aromatic carbocycles. The topological polar surface area (TPSA) is 89.0 Å². The first-order valence-corrected chi connectivity index (χ1v) is 12.8. The Morgan fingerprint density at radius 3 is 2.63 bits per heavy atom. The molecule has 0 fully saturated rings. The van der Waals surface area contributed by atoms with Gasteiger partial charge < -0.3 is 14.6 Å². The number of methoxy groups -OCH3 is 1. The number of para-hydroxylation sites is 2. The second-order valence-electron chi connectivity index (χ2n) is 6.83. The minimum atomic E-state index is -2.48. The van der Waals surface area contributed by atoms with Crippen LogP contribution in [0.5, 0.6) is 5.75 Å². The van der Waals surface area contributed by atoms with Crippen molar-refractivity contribution < 1.29 is 9.30 Å². The maximum atomic E-state index is 12.6. The fourth-order valence-electron chi connectivity index (χ4n) is 2.93. The molecule has 4 aromatic rings. The van der Waals surface area contributed by atoms with Gasteiger partial charge in [0.2, 0.25) is 5.95 Å². The van der Waals surface area contributed by atoms with Gasteiger partial charge in [-0.15, -0.1) is 0 Å². The van der Waals surface area contributed by atoms with Crippen molar-refractivity contribution in [3.63, 3.8) is 0 Å². The van der Waals surface area contributed by atoms with Crippen LogP contribution in [0.4, 0.5) is 22.6 Å². The average Bonchev–Trinajstić information content (AvgIpc) is 3.12. The van der Waals surface area contributed by atoms with E-state index in [0.717, 1.165) is 15.5 Å². The van der Waals surface area contributed by atoms with E-state index in [-0.39, 0.29) is 0 Å². The zero-order valence-corrected chi connectivity index (χ0v) is 19.0. The highest BCUT2D eigenvalue weighted by Gasteiger charge is 2.17. The fraction of sp³-hybridized carbons (Fsp3) is 0.150. The van der Waals surface area contributed by atoms with Crippen molar-refractivity contribution in [2.45, 2.75) is 0 Å². The van der Waals surface area contributed by atoms with Crippen molar-refractivity contribution >= 4 is 68.2 Å². The molecular weight excluding hydrogens is 441 g/mol. The Kier molecular flexibility index (Phi) is 5.64. The zero-order chi connectivity index (χ0) is 21.3. The van der Waals surface area contributed by atoms with E-state index in [9.17, 15) is 4.57 Å². The van der Waals surface area contributed by atoms with Crippen molar-refractivity contribution in [3.05, 3.63) is 53.7 Å². The van der Waals surface area contributed by atoms with Crippen molar-refractivity contribution in [3.8, 4) is 5.75 Å². The summed E-state index contributed by atoms with van der Waals surface area (Å²) in [6.07, 6.45) is 1.51. The van der Waals surface area contributed by atoms with E-state index in [0.29, 0.717) is 33.4 Å². The summed E-state index contributed by atoms with van der Waals surface area (Å²) in [5.74, 6) is 1.46. The third kappa shape index (κ3) is 4.26. The van der Waals surface area contributed by atoms with E-state index in [4.69, 9.17) is 16.3 Å². The number of thiazole rings is 1. The lowest BCUT2D eigenvalue weighted by atomic mass is 10.3. The standard InChI is InChI=1S/C20H19ClN5O2PS/c1-28-14-8-6-10-16-17(14)24-20(30-16)26-19-22-11-12(21)18(25-19)23-13-7-4-5-9-15(13)29(2,3)27/h4-11H,1-3H3,(H2,22,23,24,25,26). The number of ether oxygens (including phenoxy) is 1. The molecule has 0 bridgehead atoms. The maximum absolute atomic E-state index is 12.6. The molecule has 0 saturated carbocycles. The Morgan fingerprint density at radius 2 is 1.87 bits per heavy atom. The van der Waals surface area contributed by atoms with Gasteiger partial charge in [0, 0.05) is 5.30 Å². The summed E-state index contributed by atoms with van der Waals surface area (Å²) in [5, 5.41) is 8.02. The monoisotopic (exact) mass is 459 g/mol. The van der Waals surface area contributed by atoms with E-state index in [2.05, 4.69) is 25.6 Å². The van der Waals surface area contributed by atoms with Crippen molar-refractivity contribution in [2.75, 3.05) is 31.1 Å². The quantitative estimate of drug-likeness (QED) is 0.369. The molecule has 0 aliphatic heterocycles. The molecule has 0 aliphatic carbocycles. The molecule has 154 valence electrons. The fourth-order valence-corrected chi connectivity index (χ4v) is 5.10. The van der Waals surface area contributed by atoms with E-state index >= 15 is 0 Å². The van der Waals surface area contributed by atoms with Gasteiger partial charge in [-0.2, -0.15) is 4.98 Å². The Labute approximate surface area is 182 Å². The van der Waals surface area contributed by atoms with Crippen LogP contribution in [0.15, 0.2) is 48.7 Å². The number of halogens is 1. The largest absolute Gasteiger partial charge is 0.494 e. The third-order valence-corrected chi connectivity index (χ3v) is 7.06. The molecule has 10 heteroatoms. The van der Waals surface area contributed by atoms with Gasteiger partial charge in [-0.1, -0.05) is 41.1 Å². The second-order valence-corrected chi connectivity index (χ2v) is 11.5. The first kappa shape index (κ1) is 20.6. The number of hydrogen-bond donors (Lipinski definition) is 2. The molecule has 0 saturated heterocycles. The van der Waals surface area contributed by atoms with Crippen molar-refractivity contribution in [2.24, 2.45) is 0 Å². The molecular formula is C20H19ClN5O2PS.